The molecule has 3 rings (SSSR count). The number of carbonyl (C=O) groups is 2. The molecule has 2 unspecified atom stereocenters. The van der Waals surface area contributed by atoms with Crippen molar-refractivity contribution in [2.45, 2.75) is 57.8 Å². The van der Waals surface area contributed by atoms with Crippen molar-refractivity contribution in [2.24, 2.45) is 5.73 Å². The van der Waals surface area contributed by atoms with Crippen molar-refractivity contribution >= 4 is 40.7 Å². The summed E-state index contributed by atoms with van der Waals surface area (Å²) in [5.74, 6) is -0.481. The molecule has 1 aliphatic rings. The van der Waals surface area contributed by atoms with Gasteiger partial charge in [0.2, 0.25) is 11.8 Å². The number of anilines is 1. The summed E-state index contributed by atoms with van der Waals surface area (Å²) in [6.07, 6.45) is -3.03. The number of carbonyl (C=O) groups excluding carboxylic acids is 2. The highest BCUT2D eigenvalue weighted by atomic mass is 35.5. The number of halogens is 5. The zero-order valence-electron chi connectivity index (χ0n) is 22.6. The Morgan fingerprint density at radius 1 is 1.08 bits per heavy atom. The summed E-state index contributed by atoms with van der Waals surface area (Å²) < 4.78 is 40.5. The van der Waals surface area contributed by atoms with E-state index in [4.69, 9.17) is 28.9 Å². The SMILES string of the molecule is CCCC(C)(N)c1cc(C(F)(F)F)ccc1N1CCN(C(=O)C(Cc2ccc(Cl)cc2Cl)N(C)C(C)=O)CC1. The zero-order valence-corrected chi connectivity index (χ0v) is 24.1. The third-order valence-corrected chi connectivity index (χ3v) is 7.91. The highest BCUT2D eigenvalue weighted by molar-refractivity contribution is 6.35. The molecule has 6 nitrogen and oxygen atoms in total. The predicted molar refractivity (Wildman–Crippen MR) is 149 cm³/mol. The van der Waals surface area contributed by atoms with E-state index in [-0.39, 0.29) is 18.2 Å². The Bertz CT molecular complexity index is 1200. The van der Waals surface area contributed by atoms with Gasteiger partial charge in [0.05, 0.1) is 5.56 Å². The number of nitrogens with zero attached hydrogens (tertiary/aromatic N) is 3. The number of rotatable bonds is 8. The Balaban J connectivity index is 1.83. The van der Waals surface area contributed by atoms with Gasteiger partial charge in [0.1, 0.15) is 6.04 Å². The Kier molecular flexibility index (Phi) is 9.83. The van der Waals surface area contributed by atoms with Gasteiger partial charge in [-0.15, -0.1) is 0 Å². The van der Waals surface area contributed by atoms with Crippen LogP contribution in [0.1, 0.15) is 50.3 Å². The Hall–Kier alpha value is -2.49. The van der Waals surface area contributed by atoms with E-state index in [2.05, 4.69) is 0 Å². The van der Waals surface area contributed by atoms with Gasteiger partial charge in [0.25, 0.3) is 0 Å². The summed E-state index contributed by atoms with van der Waals surface area (Å²) in [7, 11) is 1.58. The van der Waals surface area contributed by atoms with Gasteiger partial charge < -0.3 is 20.4 Å². The lowest BCUT2D eigenvalue weighted by Gasteiger charge is -2.41. The van der Waals surface area contributed by atoms with E-state index in [1.54, 1.807) is 37.1 Å². The van der Waals surface area contributed by atoms with E-state index in [0.717, 1.165) is 12.1 Å². The molecule has 0 bridgehead atoms. The van der Waals surface area contributed by atoms with Crippen molar-refractivity contribution in [3.05, 3.63) is 63.1 Å². The molecule has 2 aromatic carbocycles. The fourth-order valence-electron chi connectivity index (χ4n) is 4.98. The van der Waals surface area contributed by atoms with Crippen molar-refractivity contribution in [1.82, 2.24) is 9.80 Å². The van der Waals surface area contributed by atoms with E-state index in [1.165, 1.54) is 17.9 Å². The standard InChI is InChI=1S/C28H35Cl2F3N4O2/c1-5-10-27(3,34)22-16-20(28(31,32)33)7-9-24(22)36-11-13-37(14-12-36)26(39)25(35(4)18(2)38)15-19-6-8-21(29)17-23(19)30/h6-9,16-17,25H,5,10-15,34H2,1-4H3. The molecule has 2 aromatic rings. The maximum Gasteiger partial charge on any atom is 0.416 e. The smallest absolute Gasteiger partial charge is 0.368 e. The van der Waals surface area contributed by atoms with Gasteiger partial charge in [-0.05, 0) is 54.8 Å². The predicted octanol–water partition coefficient (Wildman–Crippen LogP) is 5.72. The molecule has 11 heteroatoms. The van der Waals surface area contributed by atoms with Crippen molar-refractivity contribution in [3.8, 4) is 0 Å². The van der Waals surface area contributed by atoms with Crippen LogP contribution in [-0.2, 0) is 27.7 Å². The maximum absolute atomic E-state index is 13.6. The third kappa shape index (κ3) is 7.38. The summed E-state index contributed by atoms with van der Waals surface area (Å²) in [5, 5.41) is 0.881. The number of nitrogens with two attached hydrogens (primary N) is 1. The average Bonchev–Trinajstić information content (AvgIpc) is 2.86. The lowest BCUT2D eigenvalue weighted by molar-refractivity contribution is -0.143. The zero-order chi connectivity index (χ0) is 29.1. The van der Waals surface area contributed by atoms with Crippen LogP contribution in [0.25, 0.3) is 0 Å². The second kappa shape index (κ2) is 12.4. The van der Waals surface area contributed by atoms with Crippen molar-refractivity contribution < 1.29 is 22.8 Å². The summed E-state index contributed by atoms with van der Waals surface area (Å²) >= 11 is 12.4. The third-order valence-electron chi connectivity index (χ3n) is 7.32. The van der Waals surface area contributed by atoms with Crippen LogP contribution >= 0.6 is 23.2 Å². The van der Waals surface area contributed by atoms with E-state index in [1.807, 2.05) is 11.8 Å². The van der Waals surface area contributed by atoms with Gasteiger partial charge in [-0.25, -0.2) is 0 Å². The lowest BCUT2D eigenvalue weighted by Crippen LogP contribution is -2.56. The monoisotopic (exact) mass is 586 g/mol. The molecule has 0 aliphatic carbocycles. The fraction of sp³-hybridized carbons (Fsp3) is 0.500. The molecule has 2 amide bonds. The highest BCUT2D eigenvalue weighted by Crippen LogP contribution is 2.38. The molecular weight excluding hydrogens is 552 g/mol. The number of hydrogen-bond donors (Lipinski definition) is 1. The molecule has 0 radical (unpaired) electrons. The van der Waals surface area contributed by atoms with Gasteiger partial charge in [-0.2, -0.15) is 13.2 Å². The topological polar surface area (TPSA) is 69.9 Å². The Labute approximate surface area is 237 Å². The molecule has 0 spiro atoms. The van der Waals surface area contributed by atoms with Gasteiger partial charge in [0.15, 0.2) is 0 Å². The second-order valence-corrected chi connectivity index (χ2v) is 11.1. The molecule has 2 N–H and O–H groups in total. The summed E-state index contributed by atoms with van der Waals surface area (Å²) in [5.41, 5.74) is 6.60. The van der Waals surface area contributed by atoms with E-state index in [0.29, 0.717) is 65.9 Å². The molecule has 214 valence electrons. The van der Waals surface area contributed by atoms with Crippen molar-refractivity contribution in [2.75, 3.05) is 38.1 Å². The molecule has 1 aliphatic heterocycles. The van der Waals surface area contributed by atoms with Crippen LogP contribution in [0.4, 0.5) is 18.9 Å². The van der Waals surface area contributed by atoms with E-state index in [9.17, 15) is 22.8 Å². The van der Waals surface area contributed by atoms with Crippen LogP contribution in [0.2, 0.25) is 10.0 Å². The van der Waals surface area contributed by atoms with Crippen molar-refractivity contribution in [1.29, 1.82) is 0 Å². The summed E-state index contributed by atoms with van der Waals surface area (Å²) in [4.78, 5) is 30.9. The minimum absolute atomic E-state index is 0.219. The molecule has 1 fully saturated rings. The number of hydrogen-bond acceptors (Lipinski definition) is 4. The number of likely N-dealkylation sites (N-methyl/N-ethyl adjacent to an activating group) is 1. The van der Waals surface area contributed by atoms with Crippen LogP contribution in [0.3, 0.4) is 0 Å². The maximum atomic E-state index is 13.6. The first-order chi connectivity index (χ1) is 18.2. The van der Waals surface area contributed by atoms with Crippen LogP contribution < -0.4 is 10.6 Å². The number of benzene rings is 2. The van der Waals surface area contributed by atoms with Crippen LogP contribution in [-0.4, -0.2) is 60.9 Å². The largest absolute Gasteiger partial charge is 0.416 e. The molecule has 0 aromatic heterocycles. The van der Waals surface area contributed by atoms with Gasteiger partial charge in [-0.1, -0.05) is 42.6 Å². The van der Waals surface area contributed by atoms with Crippen LogP contribution in [0, 0.1) is 0 Å². The first kappa shape index (κ1) is 31.0. The quantitative estimate of drug-likeness (QED) is 0.429. The van der Waals surface area contributed by atoms with Gasteiger partial charge >= 0.3 is 6.18 Å². The number of piperazine rings is 1. The fourth-order valence-corrected chi connectivity index (χ4v) is 5.47. The molecule has 1 heterocycles. The summed E-state index contributed by atoms with van der Waals surface area (Å²) in [6, 6.07) is 7.95. The van der Waals surface area contributed by atoms with Crippen molar-refractivity contribution in [3.63, 3.8) is 0 Å². The van der Waals surface area contributed by atoms with Gasteiger partial charge in [-0.3, -0.25) is 9.59 Å². The molecule has 2 atom stereocenters. The Morgan fingerprint density at radius 3 is 2.26 bits per heavy atom. The first-order valence-corrected chi connectivity index (χ1v) is 13.6. The highest BCUT2D eigenvalue weighted by Gasteiger charge is 2.36. The molecule has 0 saturated carbocycles. The second-order valence-electron chi connectivity index (χ2n) is 10.3. The van der Waals surface area contributed by atoms with Gasteiger partial charge in [0, 0.05) is 67.8 Å². The minimum atomic E-state index is -4.48. The van der Waals surface area contributed by atoms with E-state index >= 15 is 0 Å². The molecular formula is C28H35Cl2F3N4O2. The molecule has 39 heavy (non-hydrogen) atoms. The first-order valence-electron chi connectivity index (χ1n) is 12.9. The number of amides is 2. The molecule has 1 saturated heterocycles. The van der Waals surface area contributed by atoms with Crippen LogP contribution in [0.5, 0.6) is 0 Å². The normalized spacial score (nSPS) is 16.6. The average molecular weight is 588 g/mol. The van der Waals surface area contributed by atoms with E-state index < -0.39 is 23.3 Å². The Morgan fingerprint density at radius 2 is 1.72 bits per heavy atom. The summed E-state index contributed by atoms with van der Waals surface area (Å²) in [6.45, 7) is 6.58. The minimum Gasteiger partial charge on any atom is -0.368 e. The lowest BCUT2D eigenvalue weighted by atomic mass is 9.85. The van der Waals surface area contributed by atoms with Crippen LogP contribution in [0.15, 0.2) is 36.4 Å². The number of alkyl halides is 3.